The summed E-state index contributed by atoms with van der Waals surface area (Å²) in [6, 6.07) is 16.5. The number of ether oxygens (including phenoxy) is 1. The van der Waals surface area contributed by atoms with Crippen molar-refractivity contribution in [2.24, 2.45) is 5.92 Å². The van der Waals surface area contributed by atoms with Gasteiger partial charge in [0.25, 0.3) is 0 Å². The summed E-state index contributed by atoms with van der Waals surface area (Å²) in [6.07, 6.45) is 10.1. The van der Waals surface area contributed by atoms with E-state index in [1.165, 1.54) is 5.56 Å². The quantitative estimate of drug-likeness (QED) is 0.309. The lowest BCUT2D eigenvalue weighted by Crippen LogP contribution is -2.41. The third-order valence-electron chi connectivity index (χ3n) is 7.07. The Hall–Kier alpha value is -2.60. The lowest BCUT2D eigenvalue weighted by molar-refractivity contribution is -0.142. The van der Waals surface area contributed by atoms with Crippen molar-refractivity contribution in [2.45, 2.75) is 90.4 Å². The maximum Gasteiger partial charge on any atom is 0.321 e. The minimum Gasteiger partial charge on any atom is -0.424 e. The monoisotopic (exact) mass is 431 g/mol. The highest BCUT2D eigenvalue weighted by Crippen LogP contribution is 2.41. The average molecular weight is 432 g/mol. The standard InChI is InChI=1S/C29H37NO2/c1-4-6-10-23-13-16-27(25(20-23)21-30)32-28(31)29(17-8-7-9-18-29)26-14-11-24(12-15-26)19-22(3)5-2/h11-16,20,22H,4-10,17-19H2,1-3H3. The predicted molar refractivity (Wildman–Crippen MR) is 130 cm³/mol. The van der Waals surface area contributed by atoms with E-state index in [1.807, 2.05) is 12.1 Å². The summed E-state index contributed by atoms with van der Waals surface area (Å²) in [5, 5.41) is 9.65. The molecule has 0 spiro atoms. The fourth-order valence-corrected chi connectivity index (χ4v) is 4.76. The molecule has 1 unspecified atom stereocenters. The average Bonchev–Trinajstić information content (AvgIpc) is 2.84. The Morgan fingerprint density at radius 3 is 2.38 bits per heavy atom. The number of benzene rings is 2. The zero-order chi connectivity index (χ0) is 23.0. The molecule has 2 aromatic carbocycles. The molecule has 0 aliphatic heterocycles. The molecule has 0 heterocycles. The lowest BCUT2D eigenvalue weighted by atomic mass is 9.69. The Balaban J connectivity index is 1.85. The molecule has 0 bridgehead atoms. The molecular weight excluding hydrogens is 394 g/mol. The van der Waals surface area contributed by atoms with Gasteiger partial charge >= 0.3 is 5.97 Å². The predicted octanol–water partition coefficient (Wildman–Crippen LogP) is 7.30. The van der Waals surface area contributed by atoms with Crippen LogP contribution in [0.4, 0.5) is 0 Å². The smallest absolute Gasteiger partial charge is 0.321 e. The van der Waals surface area contributed by atoms with Crippen molar-refractivity contribution in [1.82, 2.24) is 0 Å². The van der Waals surface area contributed by atoms with E-state index in [1.54, 1.807) is 6.07 Å². The second-order valence-corrected chi connectivity index (χ2v) is 9.49. The summed E-state index contributed by atoms with van der Waals surface area (Å²) in [5.74, 6) is 0.819. The number of hydrogen-bond acceptors (Lipinski definition) is 3. The highest BCUT2D eigenvalue weighted by atomic mass is 16.5. The van der Waals surface area contributed by atoms with Crippen LogP contribution >= 0.6 is 0 Å². The SMILES string of the molecule is CCCCc1ccc(OC(=O)C2(c3ccc(CC(C)CC)cc3)CCCCC2)c(C#N)c1. The molecule has 0 amide bonds. The van der Waals surface area contributed by atoms with Crippen LogP contribution in [-0.4, -0.2) is 5.97 Å². The Kier molecular flexibility index (Phi) is 8.51. The van der Waals surface area contributed by atoms with E-state index in [4.69, 9.17) is 4.74 Å². The highest BCUT2D eigenvalue weighted by Gasteiger charge is 2.43. The van der Waals surface area contributed by atoms with E-state index in [-0.39, 0.29) is 5.97 Å². The first-order valence-electron chi connectivity index (χ1n) is 12.4. The summed E-state index contributed by atoms with van der Waals surface area (Å²) >= 11 is 0. The molecule has 3 rings (SSSR count). The Labute approximate surface area is 193 Å². The van der Waals surface area contributed by atoms with Crippen molar-refractivity contribution in [3.8, 4) is 11.8 Å². The van der Waals surface area contributed by atoms with Gasteiger partial charge in [0.15, 0.2) is 0 Å². The van der Waals surface area contributed by atoms with E-state index < -0.39 is 5.41 Å². The maximum absolute atomic E-state index is 13.6. The molecule has 3 heteroatoms. The van der Waals surface area contributed by atoms with Crippen molar-refractivity contribution >= 4 is 5.97 Å². The molecule has 170 valence electrons. The molecule has 0 aromatic heterocycles. The summed E-state index contributed by atoms with van der Waals surface area (Å²) in [5.41, 5.74) is 3.31. The Morgan fingerprint density at radius 2 is 1.75 bits per heavy atom. The van der Waals surface area contributed by atoms with Gasteiger partial charge in [0.05, 0.1) is 11.0 Å². The van der Waals surface area contributed by atoms with Crippen molar-refractivity contribution in [1.29, 1.82) is 5.26 Å². The minimum atomic E-state index is -0.624. The number of rotatable bonds is 9. The van der Waals surface area contributed by atoms with Crippen LogP contribution in [-0.2, 0) is 23.1 Å². The van der Waals surface area contributed by atoms with Gasteiger partial charge in [-0.05, 0) is 66.8 Å². The molecule has 1 fully saturated rings. The molecule has 1 aliphatic carbocycles. The van der Waals surface area contributed by atoms with Crippen molar-refractivity contribution in [2.75, 3.05) is 0 Å². The van der Waals surface area contributed by atoms with Crippen molar-refractivity contribution in [3.63, 3.8) is 0 Å². The number of aryl methyl sites for hydroxylation is 1. The number of nitriles is 1. The Morgan fingerprint density at radius 1 is 1.06 bits per heavy atom. The fraction of sp³-hybridized carbons (Fsp3) is 0.517. The van der Waals surface area contributed by atoms with E-state index in [0.29, 0.717) is 17.2 Å². The van der Waals surface area contributed by atoms with Crippen LogP contribution in [0.2, 0.25) is 0 Å². The molecule has 1 aliphatic rings. The van der Waals surface area contributed by atoms with Gasteiger partial charge in [-0.2, -0.15) is 5.26 Å². The van der Waals surface area contributed by atoms with Gasteiger partial charge < -0.3 is 4.74 Å². The van der Waals surface area contributed by atoms with Crippen molar-refractivity contribution in [3.05, 3.63) is 64.7 Å². The first kappa shape index (κ1) is 24.1. The zero-order valence-corrected chi connectivity index (χ0v) is 20.0. The summed E-state index contributed by atoms with van der Waals surface area (Å²) in [6.45, 7) is 6.65. The normalized spacial score (nSPS) is 16.2. The van der Waals surface area contributed by atoms with E-state index in [2.05, 4.69) is 51.1 Å². The molecule has 3 nitrogen and oxygen atoms in total. The second-order valence-electron chi connectivity index (χ2n) is 9.49. The van der Waals surface area contributed by atoms with E-state index in [0.717, 1.165) is 75.3 Å². The third kappa shape index (κ3) is 5.60. The number of unbranched alkanes of at least 4 members (excludes halogenated alkanes) is 1. The van der Waals surface area contributed by atoms with Gasteiger partial charge in [-0.15, -0.1) is 0 Å². The molecule has 1 atom stereocenters. The maximum atomic E-state index is 13.6. The highest BCUT2D eigenvalue weighted by molar-refractivity contribution is 5.85. The molecule has 0 radical (unpaired) electrons. The van der Waals surface area contributed by atoms with Gasteiger partial charge in [0.1, 0.15) is 11.8 Å². The fourth-order valence-electron chi connectivity index (χ4n) is 4.76. The molecule has 2 aromatic rings. The number of carbonyl (C=O) groups excluding carboxylic acids is 1. The van der Waals surface area contributed by atoms with Gasteiger partial charge in [0.2, 0.25) is 0 Å². The Bertz CT molecular complexity index is 933. The number of nitrogens with zero attached hydrogens (tertiary/aromatic N) is 1. The molecule has 1 saturated carbocycles. The van der Waals surface area contributed by atoms with Gasteiger partial charge in [-0.25, -0.2) is 0 Å². The van der Waals surface area contributed by atoms with E-state index >= 15 is 0 Å². The molecule has 0 saturated heterocycles. The van der Waals surface area contributed by atoms with Crippen LogP contribution in [0, 0.1) is 17.2 Å². The molecule has 32 heavy (non-hydrogen) atoms. The third-order valence-corrected chi connectivity index (χ3v) is 7.07. The van der Waals surface area contributed by atoms with Crippen LogP contribution in [0.5, 0.6) is 5.75 Å². The van der Waals surface area contributed by atoms with Gasteiger partial charge in [0, 0.05) is 0 Å². The van der Waals surface area contributed by atoms with Crippen LogP contribution in [0.15, 0.2) is 42.5 Å². The van der Waals surface area contributed by atoms with Crippen LogP contribution < -0.4 is 4.74 Å². The van der Waals surface area contributed by atoms with Crippen LogP contribution in [0.3, 0.4) is 0 Å². The minimum absolute atomic E-state index is 0.218. The molecular formula is C29H37NO2. The van der Waals surface area contributed by atoms with Crippen molar-refractivity contribution < 1.29 is 9.53 Å². The number of esters is 1. The van der Waals surface area contributed by atoms with Gasteiger partial charge in [-0.3, -0.25) is 4.79 Å². The topological polar surface area (TPSA) is 50.1 Å². The van der Waals surface area contributed by atoms with Gasteiger partial charge in [-0.1, -0.05) is 83.2 Å². The lowest BCUT2D eigenvalue weighted by Gasteiger charge is -2.35. The van der Waals surface area contributed by atoms with Crippen LogP contribution in [0.25, 0.3) is 0 Å². The largest absolute Gasteiger partial charge is 0.424 e. The second kappa shape index (κ2) is 11.3. The summed E-state index contributed by atoms with van der Waals surface area (Å²) in [4.78, 5) is 13.6. The first-order valence-corrected chi connectivity index (χ1v) is 12.4. The molecule has 0 N–H and O–H groups in total. The number of carbonyl (C=O) groups is 1. The summed E-state index contributed by atoms with van der Waals surface area (Å²) in [7, 11) is 0. The first-order chi connectivity index (χ1) is 15.5. The van der Waals surface area contributed by atoms with E-state index in [9.17, 15) is 10.1 Å². The van der Waals surface area contributed by atoms with Crippen LogP contribution in [0.1, 0.15) is 94.4 Å². The zero-order valence-electron chi connectivity index (χ0n) is 20.0. The number of hydrogen-bond donors (Lipinski definition) is 0. The summed E-state index contributed by atoms with van der Waals surface area (Å²) < 4.78 is 5.94.